The lowest BCUT2D eigenvalue weighted by atomic mass is 10.1. The number of benzene rings is 1. The Hall–Kier alpha value is -2.99. The van der Waals surface area contributed by atoms with Crippen LogP contribution >= 0.6 is 22.9 Å². The Morgan fingerprint density at radius 3 is 2.65 bits per heavy atom. The maximum atomic E-state index is 13.3. The molecule has 0 bridgehead atoms. The second-order valence-corrected chi connectivity index (χ2v) is 12.1. The van der Waals surface area contributed by atoms with Gasteiger partial charge in [-0.15, -0.1) is 11.3 Å². The zero-order valence-electron chi connectivity index (χ0n) is 23.0. The predicted molar refractivity (Wildman–Crippen MR) is 155 cm³/mol. The Morgan fingerprint density at radius 2 is 1.93 bits per heavy atom. The molecule has 2 aromatic heterocycles. The van der Waals surface area contributed by atoms with Crippen molar-refractivity contribution in [1.82, 2.24) is 30.4 Å². The SMILES string of the molecule is CCOC(=O)CCN1CC(NC(=O)c2cc3cc(Cl)ccc3[nH]2)C(NC(=O)c2nc3c(s2)CN(C(C)C)CC3)C1. The van der Waals surface area contributed by atoms with Gasteiger partial charge < -0.3 is 20.4 Å². The second-order valence-electron chi connectivity index (χ2n) is 10.6. The van der Waals surface area contributed by atoms with Crippen molar-refractivity contribution in [2.45, 2.75) is 58.3 Å². The lowest BCUT2D eigenvalue weighted by Gasteiger charge is -2.29. The summed E-state index contributed by atoms with van der Waals surface area (Å²) >= 11 is 7.55. The summed E-state index contributed by atoms with van der Waals surface area (Å²) in [5.74, 6) is -0.786. The van der Waals surface area contributed by atoms with E-state index in [1.54, 1.807) is 25.1 Å². The van der Waals surface area contributed by atoms with Crippen molar-refractivity contribution in [2.24, 2.45) is 0 Å². The van der Waals surface area contributed by atoms with Crippen LogP contribution in [-0.2, 0) is 22.5 Å². The predicted octanol–water partition coefficient (Wildman–Crippen LogP) is 3.21. The number of rotatable bonds is 9. The van der Waals surface area contributed by atoms with E-state index >= 15 is 0 Å². The minimum atomic E-state index is -0.361. The molecule has 5 rings (SSSR count). The zero-order valence-corrected chi connectivity index (χ0v) is 24.5. The van der Waals surface area contributed by atoms with Gasteiger partial charge in [0.15, 0.2) is 5.01 Å². The van der Waals surface area contributed by atoms with E-state index in [9.17, 15) is 14.4 Å². The molecule has 2 aliphatic heterocycles. The minimum Gasteiger partial charge on any atom is -0.466 e. The van der Waals surface area contributed by atoms with Crippen LogP contribution in [0.5, 0.6) is 0 Å². The number of carbonyl (C=O) groups is 3. The summed E-state index contributed by atoms with van der Waals surface area (Å²) in [5, 5.41) is 8.08. The Labute approximate surface area is 242 Å². The molecule has 0 spiro atoms. The van der Waals surface area contributed by atoms with E-state index in [1.807, 2.05) is 6.07 Å². The van der Waals surface area contributed by atoms with Crippen molar-refractivity contribution < 1.29 is 19.1 Å². The number of nitrogens with zero attached hydrogens (tertiary/aromatic N) is 3. The van der Waals surface area contributed by atoms with Crippen LogP contribution in [0.1, 0.15) is 58.1 Å². The van der Waals surface area contributed by atoms with E-state index in [0.29, 0.717) is 48.0 Å². The first-order valence-electron chi connectivity index (χ1n) is 13.7. The number of aromatic nitrogens is 2. The van der Waals surface area contributed by atoms with Crippen molar-refractivity contribution in [3.63, 3.8) is 0 Å². The van der Waals surface area contributed by atoms with Crippen molar-refractivity contribution in [3.8, 4) is 0 Å². The fraction of sp³-hybridized carbons (Fsp3) is 0.500. The summed E-state index contributed by atoms with van der Waals surface area (Å²) in [6.07, 6.45) is 1.07. The fourth-order valence-corrected chi connectivity index (χ4v) is 6.52. The summed E-state index contributed by atoms with van der Waals surface area (Å²) in [5.41, 5.74) is 2.22. The number of hydrogen-bond donors (Lipinski definition) is 3. The fourth-order valence-electron chi connectivity index (χ4n) is 5.30. The van der Waals surface area contributed by atoms with E-state index in [-0.39, 0.29) is 36.3 Å². The van der Waals surface area contributed by atoms with Gasteiger partial charge in [-0.25, -0.2) is 4.98 Å². The third kappa shape index (κ3) is 6.49. The number of nitrogens with one attached hydrogen (secondary N) is 3. The first-order chi connectivity index (χ1) is 19.2. The van der Waals surface area contributed by atoms with E-state index in [0.717, 1.165) is 41.0 Å². The first-order valence-corrected chi connectivity index (χ1v) is 14.9. The summed E-state index contributed by atoms with van der Waals surface area (Å²) in [7, 11) is 0. The summed E-state index contributed by atoms with van der Waals surface area (Å²) in [4.78, 5) is 51.9. The molecular weight excluding hydrogens is 552 g/mol. The highest BCUT2D eigenvalue weighted by Gasteiger charge is 2.36. The number of likely N-dealkylation sites (tertiary alicyclic amines) is 1. The highest BCUT2D eigenvalue weighted by atomic mass is 35.5. The van der Waals surface area contributed by atoms with Gasteiger partial charge in [-0.2, -0.15) is 0 Å². The largest absolute Gasteiger partial charge is 0.466 e. The molecule has 1 aromatic carbocycles. The highest BCUT2D eigenvalue weighted by Crippen LogP contribution is 2.27. The van der Waals surface area contributed by atoms with E-state index < -0.39 is 0 Å². The molecule has 1 fully saturated rings. The molecule has 1 saturated heterocycles. The topological polar surface area (TPSA) is 120 Å². The molecule has 2 unspecified atom stereocenters. The van der Waals surface area contributed by atoms with Gasteiger partial charge in [0.1, 0.15) is 5.69 Å². The standard InChI is InChI=1S/C28H35ClN6O4S/c1-4-39-25(36)8-9-34-13-22(31-26(37)21-12-17-11-18(29)5-6-19(17)30-21)23(14-34)32-27(38)28-33-20-7-10-35(16(2)3)15-24(20)40-28/h5-6,11-12,16,22-23,30H,4,7-10,13-15H2,1-3H3,(H,31,37)(H,32,38). The number of halogens is 1. The molecule has 40 heavy (non-hydrogen) atoms. The maximum absolute atomic E-state index is 13.3. The third-order valence-corrected chi connectivity index (χ3v) is 8.79. The minimum absolute atomic E-state index is 0.240. The molecule has 10 nitrogen and oxygen atoms in total. The molecule has 4 heterocycles. The Balaban J connectivity index is 1.29. The first kappa shape index (κ1) is 28.5. The molecule has 2 atom stereocenters. The van der Waals surface area contributed by atoms with Gasteiger partial charge in [-0.1, -0.05) is 11.6 Å². The van der Waals surface area contributed by atoms with Crippen LogP contribution < -0.4 is 10.6 Å². The van der Waals surface area contributed by atoms with E-state index in [4.69, 9.17) is 16.3 Å². The van der Waals surface area contributed by atoms with Crippen LogP contribution in [0, 0.1) is 0 Å². The number of esters is 1. The van der Waals surface area contributed by atoms with Crippen LogP contribution in [0.15, 0.2) is 24.3 Å². The normalized spacial score (nSPS) is 19.6. The third-order valence-electron chi connectivity index (χ3n) is 7.48. The molecule has 3 aromatic rings. The van der Waals surface area contributed by atoms with Gasteiger partial charge in [-0.05, 0) is 45.0 Å². The van der Waals surface area contributed by atoms with Gasteiger partial charge >= 0.3 is 5.97 Å². The lowest BCUT2D eigenvalue weighted by molar-refractivity contribution is -0.143. The molecular formula is C28H35ClN6O4S. The second kappa shape index (κ2) is 12.3. The Bertz CT molecular complexity index is 1400. The number of amides is 2. The molecule has 0 aliphatic carbocycles. The summed E-state index contributed by atoms with van der Waals surface area (Å²) in [6, 6.07) is 6.88. The van der Waals surface area contributed by atoms with Crippen LogP contribution in [0.2, 0.25) is 5.02 Å². The molecule has 0 saturated carbocycles. The average molecular weight is 587 g/mol. The molecule has 12 heteroatoms. The average Bonchev–Trinajstić information content (AvgIpc) is 3.63. The number of carbonyl (C=O) groups excluding carboxylic acids is 3. The Kier molecular flexibility index (Phi) is 8.74. The number of hydrogen-bond acceptors (Lipinski definition) is 8. The molecule has 2 aliphatic rings. The smallest absolute Gasteiger partial charge is 0.307 e. The number of ether oxygens (including phenoxy) is 1. The molecule has 2 amide bonds. The van der Waals surface area contributed by atoms with Gasteiger partial charge in [0.2, 0.25) is 0 Å². The van der Waals surface area contributed by atoms with E-state index in [2.05, 4.69) is 44.2 Å². The van der Waals surface area contributed by atoms with Gasteiger partial charge in [-0.3, -0.25) is 24.2 Å². The van der Waals surface area contributed by atoms with Crippen LogP contribution in [0.4, 0.5) is 0 Å². The van der Waals surface area contributed by atoms with Crippen molar-refractivity contribution in [1.29, 1.82) is 0 Å². The maximum Gasteiger partial charge on any atom is 0.307 e. The number of aromatic amines is 1. The summed E-state index contributed by atoms with van der Waals surface area (Å²) in [6.45, 7) is 9.64. The lowest BCUT2D eigenvalue weighted by Crippen LogP contribution is -2.51. The Morgan fingerprint density at radius 1 is 1.18 bits per heavy atom. The van der Waals surface area contributed by atoms with Crippen LogP contribution in [0.25, 0.3) is 10.9 Å². The monoisotopic (exact) mass is 586 g/mol. The molecule has 3 N–H and O–H groups in total. The van der Waals surface area contributed by atoms with Gasteiger partial charge in [0, 0.05) is 66.0 Å². The van der Waals surface area contributed by atoms with Crippen LogP contribution in [-0.4, -0.2) is 88.5 Å². The molecule has 0 radical (unpaired) electrons. The zero-order chi connectivity index (χ0) is 28.4. The number of H-pyrrole nitrogens is 1. The van der Waals surface area contributed by atoms with Crippen molar-refractivity contribution >= 4 is 51.6 Å². The van der Waals surface area contributed by atoms with E-state index in [1.165, 1.54) is 11.3 Å². The highest BCUT2D eigenvalue weighted by molar-refractivity contribution is 7.13. The van der Waals surface area contributed by atoms with Gasteiger partial charge in [0.05, 0.1) is 30.8 Å². The number of thiazole rings is 1. The summed E-state index contributed by atoms with van der Waals surface area (Å²) < 4.78 is 5.07. The van der Waals surface area contributed by atoms with Gasteiger partial charge in [0.25, 0.3) is 11.8 Å². The number of fused-ring (bicyclic) bond motifs is 2. The van der Waals surface area contributed by atoms with Crippen LogP contribution in [0.3, 0.4) is 0 Å². The van der Waals surface area contributed by atoms with Crippen molar-refractivity contribution in [2.75, 3.05) is 32.8 Å². The molecule has 214 valence electrons. The quantitative estimate of drug-likeness (QED) is 0.329. The van der Waals surface area contributed by atoms with Crippen molar-refractivity contribution in [3.05, 3.63) is 50.6 Å².